The van der Waals surface area contributed by atoms with Crippen LogP contribution in [0.25, 0.3) is 22.2 Å². The fourth-order valence-electron chi connectivity index (χ4n) is 5.82. The third kappa shape index (κ3) is 6.56. The number of likely N-dealkylation sites (tertiary alicyclic amines) is 1. The largest absolute Gasteiger partial charge is 0.473 e. The highest BCUT2D eigenvalue weighted by Gasteiger charge is 2.38. The van der Waals surface area contributed by atoms with Crippen LogP contribution >= 0.6 is 0 Å². The van der Waals surface area contributed by atoms with Gasteiger partial charge in [-0.2, -0.15) is 10.1 Å². The standard InChI is InChI=1S/C32H36N12O3/c1-17-13-36-32(39-25-11-18(2)43(3)42-25)41-28(17)22-14-35-29-21(22)5-4-6-23(29)38-26(45)16-44-15-20(12-24(44)30(33)46)47-27-9-10-34-31(40-27)37-19-7-8-19/h4-6,9-11,13-14,19-20,24,35H,7-8,12,15-16H2,1-3H3,(H2,33,46)(H,38,45)(H,34,37,40)(H,36,39,41,42)/t20-,24-/m0/s1. The number of nitrogens with zero attached hydrogens (tertiary/aromatic N) is 7. The molecule has 4 aromatic heterocycles. The zero-order valence-electron chi connectivity index (χ0n) is 26.3. The maximum atomic E-state index is 13.3. The number of primary amides is 1. The van der Waals surface area contributed by atoms with Crippen LogP contribution in [-0.2, 0) is 16.6 Å². The minimum atomic E-state index is -0.650. The topological polar surface area (TPSA) is 194 Å². The summed E-state index contributed by atoms with van der Waals surface area (Å²) in [5, 5.41) is 14.8. The highest BCUT2D eigenvalue weighted by atomic mass is 16.5. The van der Waals surface area contributed by atoms with Crippen LogP contribution in [-0.4, -0.2) is 82.7 Å². The molecule has 2 amide bonds. The third-order valence-electron chi connectivity index (χ3n) is 8.44. The number of aryl methyl sites for hydroxylation is 3. The van der Waals surface area contributed by atoms with Crippen LogP contribution < -0.4 is 26.4 Å². The summed E-state index contributed by atoms with van der Waals surface area (Å²) < 4.78 is 7.87. The maximum absolute atomic E-state index is 13.3. The molecule has 2 atom stereocenters. The third-order valence-corrected chi connectivity index (χ3v) is 8.44. The number of para-hydroxylation sites is 1. The van der Waals surface area contributed by atoms with Crippen molar-refractivity contribution in [3.8, 4) is 17.1 Å². The first-order valence-corrected chi connectivity index (χ1v) is 15.5. The summed E-state index contributed by atoms with van der Waals surface area (Å²) in [6.07, 6.45) is 7.45. The Kier molecular flexibility index (Phi) is 7.89. The van der Waals surface area contributed by atoms with Gasteiger partial charge >= 0.3 is 0 Å². The van der Waals surface area contributed by atoms with Gasteiger partial charge in [0.2, 0.25) is 29.6 Å². The predicted molar refractivity (Wildman–Crippen MR) is 176 cm³/mol. The number of aromatic nitrogens is 7. The summed E-state index contributed by atoms with van der Waals surface area (Å²) in [4.78, 5) is 48.7. The Hall–Kier alpha value is -5.57. The number of benzene rings is 1. The van der Waals surface area contributed by atoms with E-state index in [2.05, 4.69) is 41.0 Å². The Labute approximate surface area is 270 Å². The molecule has 15 heteroatoms. The average molecular weight is 637 g/mol. The molecule has 2 aliphatic rings. The second-order valence-corrected chi connectivity index (χ2v) is 12.1. The maximum Gasteiger partial charge on any atom is 0.238 e. The molecule has 15 nitrogen and oxygen atoms in total. The van der Waals surface area contributed by atoms with Crippen LogP contribution in [0.4, 0.5) is 23.4 Å². The normalized spacial score (nSPS) is 17.9. The van der Waals surface area contributed by atoms with Crippen molar-refractivity contribution in [2.45, 2.75) is 51.3 Å². The minimum Gasteiger partial charge on any atom is -0.473 e. The molecule has 0 unspecified atom stereocenters. The number of amides is 2. The molecule has 1 aliphatic heterocycles. The second kappa shape index (κ2) is 12.3. The Morgan fingerprint density at radius 1 is 1.13 bits per heavy atom. The van der Waals surface area contributed by atoms with Gasteiger partial charge in [0, 0.05) is 73.4 Å². The van der Waals surface area contributed by atoms with E-state index in [-0.39, 0.29) is 18.6 Å². The van der Waals surface area contributed by atoms with Gasteiger partial charge < -0.3 is 31.4 Å². The molecule has 7 rings (SSSR count). The first-order chi connectivity index (χ1) is 22.7. The van der Waals surface area contributed by atoms with Crippen molar-refractivity contribution in [2.24, 2.45) is 12.8 Å². The average Bonchev–Trinajstić information content (AvgIpc) is 3.44. The molecule has 1 aliphatic carbocycles. The predicted octanol–water partition coefficient (Wildman–Crippen LogP) is 3.03. The van der Waals surface area contributed by atoms with Crippen molar-refractivity contribution in [1.29, 1.82) is 0 Å². The molecule has 5 aromatic rings. The highest BCUT2D eigenvalue weighted by molar-refractivity contribution is 6.06. The summed E-state index contributed by atoms with van der Waals surface area (Å²) >= 11 is 0. The monoisotopic (exact) mass is 636 g/mol. The molecule has 47 heavy (non-hydrogen) atoms. The van der Waals surface area contributed by atoms with Gasteiger partial charge in [-0.15, -0.1) is 0 Å². The van der Waals surface area contributed by atoms with E-state index in [1.807, 2.05) is 51.4 Å². The molecule has 5 heterocycles. The molecule has 0 radical (unpaired) electrons. The molecule has 1 aromatic carbocycles. The lowest BCUT2D eigenvalue weighted by atomic mass is 10.1. The van der Waals surface area contributed by atoms with E-state index in [0.717, 1.165) is 46.3 Å². The first kappa shape index (κ1) is 30.1. The number of fused-ring (bicyclic) bond motifs is 1. The fourth-order valence-corrected chi connectivity index (χ4v) is 5.82. The van der Waals surface area contributed by atoms with Gasteiger partial charge in [-0.1, -0.05) is 12.1 Å². The first-order valence-electron chi connectivity index (χ1n) is 15.5. The summed E-state index contributed by atoms with van der Waals surface area (Å²) in [5.41, 5.74) is 10.6. The van der Waals surface area contributed by atoms with Crippen molar-refractivity contribution in [1.82, 2.24) is 39.6 Å². The molecule has 1 saturated carbocycles. The number of nitrogens with one attached hydrogen (secondary N) is 4. The van der Waals surface area contributed by atoms with Crippen LogP contribution in [0, 0.1) is 13.8 Å². The Morgan fingerprint density at radius 2 is 1.98 bits per heavy atom. The number of ether oxygens (including phenoxy) is 1. The Balaban J connectivity index is 1.04. The van der Waals surface area contributed by atoms with Crippen molar-refractivity contribution in [3.05, 3.63) is 60.2 Å². The second-order valence-electron chi connectivity index (χ2n) is 12.1. The van der Waals surface area contributed by atoms with Crippen molar-refractivity contribution >= 4 is 46.1 Å². The fraction of sp³-hybridized carbons (Fsp3) is 0.344. The Morgan fingerprint density at radius 3 is 2.74 bits per heavy atom. The lowest BCUT2D eigenvalue weighted by Gasteiger charge is -2.20. The smallest absolute Gasteiger partial charge is 0.238 e. The summed E-state index contributed by atoms with van der Waals surface area (Å²) in [6, 6.07) is 9.03. The quantitative estimate of drug-likeness (QED) is 0.143. The molecule has 0 spiro atoms. The molecule has 0 bridgehead atoms. The van der Waals surface area contributed by atoms with E-state index in [0.29, 0.717) is 48.3 Å². The highest BCUT2D eigenvalue weighted by Crippen LogP contribution is 2.34. The number of carbonyl (C=O) groups excluding carboxylic acids is 2. The number of nitrogens with two attached hydrogens (primary N) is 1. The zero-order valence-corrected chi connectivity index (χ0v) is 26.3. The van der Waals surface area contributed by atoms with Gasteiger partial charge in [0.1, 0.15) is 6.10 Å². The van der Waals surface area contributed by atoms with E-state index < -0.39 is 11.9 Å². The van der Waals surface area contributed by atoms with Crippen LogP contribution in [0.3, 0.4) is 0 Å². The summed E-state index contributed by atoms with van der Waals surface area (Å²) in [5.74, 6) is 1.21. The van der Waals surface area contributed by atoms with Gasteiger partial charge in [-0.05, 0) is 38.3 Å². The molecule has 6 N–H and O–H groups in total. The van der Waals surface area contributed by atoms with E-state index in [1.165, 1.54) is 0 Å². The number of rotatable bonds is 11. The van der Waals surface area contributed by atoms with Gasteiger partial charge in [-0.3, -0.25) is 19.2 Å². The van der Waals surface area contributed by atoms with Crippen LogP contribution in [0.15, 0.2) is 48.9 Å². The molecular formula is C32H36N12O3. The molecule has 1 saturated heterocycles. The number of aromatic amines is 1. The van der Waals surface area contributed by atoms with E-state index in [9.17, 15) is 9.59 Å². The summed E-state index contributed by atoms with van der Waals surface area (Å²) in [6.45, 7) is 4.22. The van der Waals surface area contributed by atoms with E-state index >= 15 is 0 Å². The van der Waals surface area contributed by atoms with Gasteiger partial charge in [0.05, 0.1) is 29.5 Å². The van der Waals surface area contributed by atoms with Gasteiger partial charge in [0.15, 0.2) is 5.82 Å². The zero-order chi connectivity index (χ0) is 32.7. The van der Waals surface area contributed by atoms with Crippen molar-refractivity contribution < 1.29 is 14.3 Å². The SMILES string of the molecule is Cc1cnc(Nc2cc(C)n(C)n2)nc1-c1c[nH]c2c(NC(=O)CN3C[C@@H](Oc4ccnc(NC5CC5)n4)C[C@H]3C(N)=O)cccc12. The molecular weight excluding hydrogens is 600 g/mol. The van der Waals surface area contributed by atoms with Crippen LogP contribution in [0.1, 0.15) is 30.5 Å². The van der Waals surface area contributed by atoms with E-state index in [4.69, 9.17) is 15.5 Å². The van der Waals surface area contributed by atoms with E-state index in [1.54, 1.807) is 28.0 Å². The number of anilines is 4. The Bertz CT molecular complexity index is 1950. The van der Waals surface area contributed by atoms with Crippen LogP contribution in [0.2, 0.25) is 0 Å². The lowest BCUT2D eigenvalue weighted by molar-refractivity contribution is -0.123. The van der Waals surface area contributed by atoms with Gasteiger partial charge in [-0.25, -0.2) is 15.0 Å². The number of H-pyrrole nitrogens is 1. The number of hydrogen-bond acceptors (Lipinski definition) is 11. The minimum absolute atomic E-state index is 0.0390. The lowest BCUT2D eigenvalue weighted by Crippen LogP contribution is -2.44. The van der Waals surface area contributed by atoms with Crippen molar-refractivity contribution in [3.63, 3.8) is 0 Å². The molecule has 2 fully saturated rings. The van der Waals surface area contributed by atoms with Crippen LogP contribution in [0.5, 0.6) is 5.88 Å². The summed E-state index contributed by atoms with van der Waals surface area (Å²) in [7, 11) is 1.88. The molecule has 242 valence electrons. The van der Waals surface area contributed by atoms with Gasteiger partial charge in [0.25, 0.3) is 0 Å². The number of hydrogen-bond donors (Lipinski definition) is 5. The number of carbonyl (C=O) groups is 2. The van der Waals surface area contributed by atoms with Crippen molar-refractivity contribution in [2.75, 3.05) is 29.0 Å².